The van der Waals surface area contributed by atoms with Crippen LogP contribution in [0.2, 0.25) is 0 Å². The van der Waals surface area contributed by atoms with Crippen LogP contribution in [0.25, 0.3) is 0 Å². The Morgan fingerprint density at radius 3 is 2.25 bits per heavy atom. The van der Waals surface area contributed by atoms with Crippen LogP contribution < -0.4 is 0 Å². The average Bonchev–Trinajstić information content (AvgIpc) is 2.03. The fourth-order valence-electron chi connectivity index (χ4n) is 4.00. The number of rotatable bonds is 0. The van der Waals surface area contributed by atoms with Crippen LogP contribution in [0, 0.1) is 29.6 Å². The molecular weight excluding hydrogens is 164 g/mol. The van der Waals surface area contributed by atoms with Crippen molar-refractivity contribution in [1.82, 2.24) is 0 Å². The van der Waals surface area contributed by atoms with Crippen LogP contribution in [0.15, 0.2) is 0 Å². The molecule has 3 aliphatic carbocycles. The predicted octanol–water partition coefficient (Wildman–Crippen LogP) is 2.99. The number of fused-ring (bicyclic) bond motifs is 3. The van der Waals surface area contributed by atoms with Gasteiger partial charge in [0.05, 0.1) is 0 Å². The predicted molar refractivity (Wildman–Crippen MR) is 54.4 cm³/mol. The van der Waals surface area contributed by atoms with E-state index >= 15 is 0 Å². The van der Waals surface area contributed by atoms with E-state index < -0.39 is 0 Å². The summed E-state index contributed by atoms with van der Waals surface area (Å²) in [5, 5.41) is 0.770. The molecule has 0 heterocycles. The largest absolute Gasteiger partial charge is 0.176 e. The highest BCUT2D eigenvalue weighted by Crippen LogP contribution is 2.60. The zero-order valence-electron chi connectivity index (χ0n) is 7.74. The van der Waals surface area contributed by atoms with Crippen LogP contribution in [0.1, 0.15) is 32.6 Å². The first-order valence-corrected chi connectivity index (χ1v) is 5.97. The van der Waals surface area contributed by atoms with Crippen molar-refractivity contribution in [3.05, 3.63) is 0 Å². The molecule has 0 bridgehead atoms. The summed E-state index contributed by atoms with van der Waals surface area (Å²) in [6.07, 6.45) is 5.97. The Morgan fingerprint density at radius 2 is 1.58 bits per heavy atom. The molecule has 3 fully saturated rings. The molecular formula is C11H18S. The Morgan fingerprint density at radius 1 is 0.917 bits per heavy atom. The van der Waals surface area contributed by atoms with Gasteiger partial charge >= 0.3 is 0 Å². The summed E-state index contributed by atoms with van der Waals surface area (Å²) in [4.78, 5) is 0. The monoisotopic (exact) mass is 182 g/mol. The molecule has 0 aromatic rings. The van der Waals surface area contributed by atoms with E-state index in [1.807, 2.05) is 0 Å². The second-order valence-electron chi connectivity index (χ2n) is 5.25. The van der Waals surface area contributed by atoms with Gasteiger partial charge in [0.15, 0.2) is 0 Å². The Balaban J connectivity index is 1.73. The van der Waals surface area contributed by atoms with Crippen LogP contribution >= 0.6 is 12.6 Å². The van der Waals surface area contributed by atoms with Crippen LogP contribution in [-0.2, 0) is 0 Å². The van der Waals surface area contributed by atoms with Gasteiger partial charge in [-0.2, -0.15) is 12.6 Å². The van der Waals surface area contributed by atoms with Crippen LogP contribution in [0.3, 0.4) is 0 Å². The molecule has 0 aromatic heterocycles. The maximum atomic E-state index is 4.62. The van der Waals surface area contributed by atoms with Gasteiger partial charge in [-0.3, -0.25) is 0 Å². The fourth-order valence-corrected chi connectivity index (χ4v) is 4.61. The summed E-state index contributed by atoms with van der Waals surface area (Å²) >= 11 is 4.62. The van der Waals surface area contributed by atoms with Crippen molar-refractivity contribution in [2.24, 2.45) is 29.6 Å². The molecule has 1 heteroatoms. The van der Waals surface area contributed by atoms with Gasteiger partial charge in [-0.25, -0.2) is 0 Å². The lowest BCUT2D eigenvalue weighted by Gasteiger charge is -2.60. The first-order chi connectivity index (χ1) is 5.77. The Kier molecular flexibility index (Phi) is 1.57. The maximum absolute atomic E-state index is 4.62. The normalized spacial score (nSPS) is 62.5. The van der Waals surface area contributed by atoms with Crippen molar-refractivity contribution in [3.8, 4) is 0 Å². The minimum absolute atomic E-state index is 0.770. The smallest absolute Gasteiger partial charge is 0.00506 e. The topological polar surface area (TPSA) is 0 Å². The summed E-state index contributed by atoms with van der Waals surface area (Å²) in [7, 11) is 0. The molecule has 68 valence electrons. The summed E-state index contributed by atoms with van der Waals surface area (Å²) in [5.74, 6) is 5.41. The lowest BCUT2D eigenvalue weighted by molar-refractivity contribution is -0.0777. The van der Waals surface area contributed by atoms with Gasteiger partial charge in [0.2, 0.25) is 0 Å². The van der Waals surface area contributed by atoms with E-state index in [9.17, 15) is 0 Å². The minimum Gasteiger partial charge on any atom is -0.176 e. The van der Waals surface area contributed by atoms with Crippen molar-refractivity contribution in [3.63, 3.8) is 0 Å². The summed E-state index contributed by atoms with van der Waals surface area (Å²) in [5.41, 5.74) is 0. The Bertz CT molecular complexity index is 179. The molecule has 6 atom stereocenters. The van der Waals surface area contributed by atoms with Gasteiger partial charge in [-0.1, -0.05) is 6.92 Å². The molecule has 6 unspecified atom stereocenters. The number of thiol groups is 1. The van der Waals surface area contributed by atoms with E-state index in [2.05, 4.69) is 19.6 Å². The highest BCUT2D eigenvalue weighted by Gasteiger charge is 2.54. The first kappa shape index (κ1) is 7.73. The molecule has 0 radical (unpaired) electrons. The SMILES string of the molecule is CC1CC2C1CCC1C(S)CC12. The molecule has 3 saturated carbocycles. The lowest BCUT2D eigenvalue weighted by Crippen LogP contribution is -2.54. The van der Waals surface area contributed by atoms with Crippen molar-refractivity contribution < 1.29 is 0 Å². The molecule has 0 amide bonds. The first-order valence-electron chi connectivity index (χ1n) is 5.45. The van der Waals surface area contributed by atoms with Gasteiger partial charge in [-0.15, -0.1) is 0 Å². The molecule has 0 N–H and O–H groups in total. The summed E-state index contributed by atoms with van der Waals surface area (Å²) in [6.45, 7) is 2.44. The van der Waals surface area contributed by atoms with E-state index in [1.54, 1.807) is 0 Å². The highest BCUT2D eigenvalue weighted by atomic mass is 32.1. The molecule has 3 rings (SSSR count). The minimum atomic E-state index is 0.770. The van der Waals surface area contributed by atoms with Crippen LogP contribution in [-0.4, -0.2) is 5.25 Å². The second-order valence-corrected chi connectivity index (χ2v) is 5.91. The average molecular weight is 182 g/mol. The Hall–Kier alpha value is 0.350. The summed E-state index contributed by atoms with van der Waals surface area (Å²) < 4.78 is 0. The standard InChI is InChI=1S/C11H18S/c1-6-4-9-7(6)2-3-8-10(9)5-11(8)12/h6-12H,2-5H2,1H3. The van der Waals surface area contributed by atoms with E-state index in [0.29, 0.717) is 0 Å². The van der Waals surface area contributed by atoms with Gasteiger partial charge in [0.25, 0.3) is 0 Å². The van der Waals surface area contributed by atoms with Gasteiger partial charge < -0.3 is 0 Å². The third-order valence-electron chi connectivity index (χ3n) is 4.87. The number of hydrogen-bond donors (Lipinski definition) is 1. The van der Waals surface area contributed by atoms with E-state index in [1.165, 1.54) is 25.7 Å². The molecule has 0 nitrogen and oxygen atoms in total. The van der Waals surface area contributed by atoms with E-state index in [4.69, 9.17) is 0 Å². The maximum Gasteiger partial charge on any atom is 0.00506 e. The van der Waals surface area contributed by atoms with E-state index in [0.717, 1.165) is 34.8 Å². The Labute approximate surface area is 80.5 Å². The second kappa shape index (κ2) is 2.43. The summed E-state index contributed by atoms with van der Waals surface area (Å²) in [6, 6.07) is 0. The van der Waals surface area contributed by atoms with Crippen LogP contribution in [0.4, 0.5) is 0 Å². The van der Waals surface area contributed by atoms with Gasteiger partial charge in [-0.05, 0) is 55.3 Å². The molecule has 0 saturated heterocycles. The van der Waals surface area contributed by atoms with Crippen molar-refractivity contribution in [1.29, 1.82) is 0 Å². The zero-order chi connectivity index (χ0) is 8.29. The molecule has 12 heavy (non-hydrogen) atoms. The van der Waals surface area contributed by atoms with Crippen LogP contribution in [0.5, 0.6) is 0 Å². The van der Waals surface area contributed by atoms with Gasteiger partial charge in [0.1, 0.15) is 0 Å². The van der Waals surface area contributed by atoms with Crippen molar-refractivity contribution in [2.75, 3.05) is 0 Å². The third kappa shape index (κ3) is 0.814. The van der Waals surface area contributed by atoms with Crippen molar-refractivity contribution >= 4 is 12.6 Å². The molecule has 0 spiro atoms. The number of hydrogen-bond acceptors (Lipinski definition) is 1. The lowest BCUT2D eigenvalue weighted by atomic mass is 9.47. The van der Waals surface area contributed by atoms with Gasteiger partial charge in [0, 0.05) is 5.25 Å². The molecule has 3 aliphatic rings. The molecule has 0 aliphatic heterocycles. The van der Waals surface area contributed by atoms with Crippen molar-refractivity contribution in [2.45, 2.75) is 37.9 Å². The molecule has 0 aromatic carbocycles. The highest BCUT2D eigenvalue weighted by molar-refractivity contribution is 7.81. The zero-order valence-corrected chi connectivity index (χ0v) is 8.63. The third-order valence-corrected chi connectivity index (χ3v) is 5.46. The fraction of sp³-hybridized carbons (Fsp3) is 1.00. The quantitative estimate of drug-likeness (QED) is 0.547. The van der Waals surface area contributed by atoms with E-state index in [-0.39, 0.29) is 0 Å².